The van der Waals surface area contributed by atoms with Gasteiger partial charge in [0.1, 0.15) is 0 Å². The second-order valence-electron chi connectivity index (χ2n) is 3.66. The van der Waals surface area contributed by atoms with Gasteiger partial charge in [0.25, 0.3) is 0 Å². The third-order valence-corrected chi connectivity index (χ3v) is 2.48. The number of hydrogen-bond donors (Lipinski definition) is 1. The molecule has 0 fully saturated rings. The van der Waals surface area contributed by atoms with Gasteiger partial charge < -0.3 is 19.6 Å². The van der Waals surface area contributed by atoms with E-state index in [-0.39, 0.29) is 13.3 Å². The van der Waals surface area contributed by atoms with Crippen LogP contribution in [0.25, 0.3) is 0 Å². The Morgan fingerprint density at radius 1 is 1.12 bits per heavy atom. The van der Waals surface area contributed by atoms with E-state index in [1.807, 2.05) is 18.2 Å². The maximum Gasteiger partial charge on any atom is 0.231 e. The van der Waals surface area contributed by atoms with Crippen LogP contribution in [0.1, 0.15) is 17.3 Å². The Balaban J connectivity index is 1.80. The molecular weight excluding hydrogens is 222 g/mol. The summed E-state index contributed by atoms with van der Waals surface area (Å²) in [6, 6.07) is 5.73. The molecule has 3 rings (SSSR count). The van der Waals surface area contributed by atoms with Gasteiger partial charge in [0.2, 0.25) is 18.6 Å². The van der Waals surface area contributed by atoms with Crippen molar-refractivity contribution in [1.82, 2.24) is 10.2 Å². The molecule has 0 atom stereocenters. The van der Waals surface area contributed by atoms with Crippen LogP contribution in [-0.4, -0.2) is 17.0 Å². The fourth-order valence-corrected chi connectivity index (χ4v) is 1.67. The molecule has 2 aromatic rings. The van der Waals surface area contributed by atoms with Crippen LogP contribution in [0.5, 0.6) is 11.5 Å². The van der Waals surface area contributed by atoms with Crippen LogP contribution in [0.3, 0.4) is 0 Å². The number of hydrogen-bond acceptors (Lipinski definition) is 6. The van der Waals surface area contributed by atoms with E-state index in [2.05, 4.69) is 10.2 Å². The van der Waals surface area contributed by atoms with Crippen LogP contribution in [0.15, 0.2) is 22.6 Å². The molecule has 0 bridgehead atoms. The Bertz CT molecular complexity index is 539. The second kappa shape index (κ2) is 4.06. The van der Waals surface area contributed by atoms with Gasteiger partial charge in [0.05, 0.1) is 13.0 Å². The van der Waals surface area contributed by atoms with Crippen molar-refractivity contribution >= 4 is 0 Å². The van der Waals surface area contributed by atoms with Crippen molar-refractivity contribution < 1.29 is 13.9 Å². The minimum Gasteiger partial charge on any atom is -0.454 e. The van der Waals surface area contributed by atoms with E-state index in [1.54, 1.807) is 0 Å². The third kappa shape index (κ3) is 1.94. The molecule has 1 aromatic heterocycles. The summed E-state index contributed by atoms with van der Waals surface area (Å²) in [6.07, 6.45) is 0.559. The van der Waals surface area contributed by atoms with Gasteiger partial charge >= 0.3 is 0 Å². The minimum atomic E-state index is 0.258. The fourth-order valence-electron chi connectivity index (χ4n) is 1.67. The quantitative estimate of drug-likeness (QED) is 0.846. The molecule has 6 heteroatoms. The highest BCUT2D eigenvalue weighted by Gasteiger charge is 2.14. The van der Waals surface area contributed by atoms with Crippen LogP contribution < -0.4 is 15.2 Å². The summed E-state index contributed by atoms with van der Waals surface area (Å²) in [5.41, 5.74) is 6.43. The summed E-state index contributed by atoms with van der Waals surface area (Å²) in [6.45, 7) is 0.533. The molecule has 0 saturated heterocycles. The summed E-state index contributed by atoms with van der Waals surface area (Å²) >= 11 is 0. The molecule has 2 N–H and O–H groups in total. The number of rotatable bonds is 3. The topological polar surface area (TPSA) is 83.4 Å². The van der Waals surface area contributed by atoms with Crippen molar-refractivity contribution in [3.05, 3.63) is 35.5 Å². The van der Waals surface area contributed by atoms with E-state index in [9.17, 15) is 0 Å². The zero-order valence-corrected chi connectivity index (χ0v) is 9.05. The molecule has 0 amide bonds. The lowest BCUT2D eigenvalue weighted by molar-refractivity contribution is 0.174. The smallest absolute Gasteiger partial charge is 0.231 e. The van der Waals surface area contributed by atoms with Crippen molar-refractivity contribution in [2.45, 2.75) is 13.0 Å². The Hall–Kier alpha value is -2.08. The van der Waals surface area contributed by atoms with E-state index in [0.717, 1.165) is 17.1 Å². The van der Waals surface area contributed by atoms with E-state index in [1.165, 1.54) is 0 Å². The van der Waals surface area contributed by atoms with Crippen LogP contribution in [0.2, 0.25) is 0 Å². The number of fused-ring (bicyclic) bond motifs is 1. The highest BCUT2D eigenvalue weighted by atomic mass is 16.7. The molecule has 0 radical (unpaired) electrons. The first kappa shape index (κ1) is 10.1. The predicted octanol–water partition coefficient (Wildman–Crippen LogP) is 0.848. The predicted molar refractivity (Wildman–Crippen MR) is 57.6 cm³/mol. The average molecular weight is 233 g/mol. The molecule has 88 valence electrons. The lowest BCUT2D eigenvalue weighted by atomic mass is 10.1. The van der Waals surface area contributed by atoms with Gasteiger partial charge in [-0.25, -0.2) is 0 Å². The summed E-state index contributed by atoms with van der Waals surface area (Å²) in [7, 11) is 0. The third-order valence-electron chi connectivity index (χ3n) is 2.48. The Labute approximate surface area is 97.3 Å². The highest BCUT2D eigenvalue weighted by molar-refractivity contribution is 5.44. The van der Waals surface area contributed by atoms with Gasteiger partial charge in [-0.2, -0.15) is 0 Å². The number of aromatic nitrogens is 2. The first-order valence-electron chi connectivity index (χ1n) is 5.25. The van der Waals surface area contributed by atoms with E-state index in [4.69, 9.17) is 19.6 Å². The number of ether oxygens (including phenoxy) is 2. The van der Waals surface area contributed by atoms with Gasteiger partial charge in [-0.3, -0.25) is 0 Å². The van der Waals surface area contributed by atoms with Crippen molar-refractivity contribution in [2.75, 3.05) is 6.79 Å². The lowest BCUT2D eigenvalue weighted by Gasteiger charge is -1.99. The first-order valence-corrected chi connectivity index (χ1v) is 5.25. The molecule has 0 unspecified atom stereocenters. The van der Waals surface area contributed by atoms with Crippen molar-refractivity contribution in [3.8, 4) is 11.5 Å². The summed E-state index contributed by atoms with van der Waals surface area (Å²) in [4.78, 5) is 0. The molecule has 0 aliphatic carbocycles. The molecule has 17 heavy (non-hydrogen) atoms. The van der Waals surface area contributed by atoms with Crippen LogP contribution in [-0.2, 0) is 13.0 Å². The van der Waals surface area contributed by atoms with Crippen molar-refractivity contribution in [3.63, 3.8) is 0 Å². The second-order valence-corrected chi connectivity index (χ2v) is 3.66. The van der Waals surface area contributed by atoms with Crippen molar-refractivity contribution in [1.29, 1.82) is 0 Å². The maximum atomic E-state index is 5.40. The number of nitrogens with zero attached hydrogens (tertiary/aromatic N) is 2. The van der Waals surface area contributed by atoms with E-state index >= 15 is 0 Å². The molecule has 0 spiro atoms. The molecule has 1 aliphatic rings. The molecular formula is C11H11N3O3. The summed E-state index contributed by atoms with van der Waals surface area (Å²) in [5, 5.41) is 7.71. The number of benzene rings is 1. The highest BCUT2D eigenvalue weighted by Crippen LogP contribution is 2.32. The zero-order chi connectivity index (χ0) is 11.7. The van der Waals surface area contributed by atoms with Gasteiger partial charge in [-0.15, -0.1) is 10.2 Å². The Kier molecular flexibility index (Phi) is 2.41. The Morgan fingerprint density at radius 2 is 1.94 bits per heavy atom. The zero-order valence-electron chi connectivity index (χ0n) is 9.05. The minimum absolute atomic E-state index is 0.258. The summed E-state index contributed by atoms with van der Waals surface area (Å²) in [5.74, 6) is 2.51. The molecule has 2 heterocycles. The maximum absolute atomic E-state index is 5.40. The van der Waals surface area contributed by atoms with Crippen LogP contribution in [0.4, 0.5) is 0 Å². The van der Waals surface area contributed by atoms with Crippen LogP contribution >= 0.6 is 0 Å². The summed E-state index contributed by atoms with van der Waals surface area (Å²) < 4.78 is 15.9. The van der Waals surface area contributed by atoms with E-state index < -0.39 is 0 Å². The molecule has 6 nitrogen and oxygen atoms in total. The monoisotopic (exact) mass is 233 g/mol. The fraction of sp³-hybridized carbons (Fsp3) is 0.273. The van der Waals surface area contributed by atoms with Gasteiger partial charge in [-0.05, 0) is 17.7 Å². The van der Waals surface area contributed by atoms with Gasteiger partial charge in [0, 0.05) is 0 Å². The molecule has 0 saturated carbocycles. The molecule has 1 aromatic carbocycles. The van der Waals surface area contributed by atoms with Gasteiger partial charge in [0.15, 0.2) is 11.5 Å². The van der Waals surface area contributed by atoms with Crippen molar-refractivity contribution in [2.24, 2.45) is 5.73 Å². The molecule has 1 aliphatic heterocycles. The standard InChI is InChI=1S/C11H11N3O3/c12-5-11-14-13-10(17-11)4-7-1-2-8-9(3-7)16-6-15-8/h1-3H,4-6,12H2. The first-order chi connectivity index (χ1) is 8.35. The SMILES string of the molecule is NCc1nnc(Cc2ccc3c(c2)OCO3)o1. The average Bonchev–Trinajstić information content (AvgIpc) is 2.96. The normalized spacial score (nSPS) is 13.0. The van der Waals surface area contributed by atoms with Gasteiger partial charge in [-0.1, -0.05) is 6.07 Å². The largest absolute Gasteiger partial charge is 0.454 e. The number of nitrogens with two attached hydrogens (primary N) is 1. The lowest BCUT2D eigenvalue weighted by Crippen LogP contribution is -1.95. The Morgan fingerprint density at radius 3 is 2.76 bits per heavy atom. The van der Waals surface area contributed by atoms with Crippen LogP contribution in [0, 0.1) is 0 Å². The van der Waals surface area contributed by atoms with E-state index in [0.29, 0.717) is 18.2 Å².